The lowest BCUT2D eigenvalue weighted by Gasteiger charge is -2.31. The van der Waals surface area contributed by atoms with Crippen molar-refractivity contribution in [3.63, 3.8) is 0 Å². The smallest absolute Gasteiger partial charge is 0.119 e. The lowest BCUT2D eigenvalue weighted by molar-refractivity contribution is 0.0904. The van der Waals surface area contributed by atoms with Crippen LogP contribution in [0.25, 0.3) is 0 Å². The molecule has 1 aliphatic carbocycles. The van der Waals surface area contributed by atoms with E-state index in [1.807, 2.05) is 0 Å². The molecule has 106 valence electrons. The van der Waals surface area contributed by atoms with Crippen LogP contribution in [0.1, 0.15) is 64.0 Å². The lowest BCUT2D eigenvalue weighted by atomic mass is 9.85. The molecule has 2 N–H and O–H groups in total. The highest BCUT2D eigenvalue weighted by atomic mass is 16.5. The Kier molecular flexibility index (Phi) is 5.26. The molecule has 0 aromatic heterocycles. The van der Waals surface area contributed by atoms with Crippen LogP contribution in [0.5, 0.6) is 5.75 Å². The molecule has 1 saturated carbocycles. The van der Waals surface area contributed by atoms with E-state index in [9.17, 15) is 0 Å². The van der Waals surface area contributed by atoms with Gasteiger partial charge in [0.05, 0.1) is 0 Å². The fraction of sp³-hybridized carbons (Fsp3) is 0.647. The Bertz CT molecular complexity index is 373. The van der Waals surface area contributed by atoms with Crippen LogP contribution in [0.3, 0.4) is 0 Å². The minimum absolute atomic E-state index is 0.145. The molecule has 1 aromatic rings. The fourth-order valence-electron chi connectivity index (χ4n) is 3.00. The number of nitrogens with two attached hydrogens (primary N) is 1. The highest BCUT2D eigenvalue weighted by Crippen LogP contribution is 2.30. The summed E-state index contributed by atoms with van der Waals surface area (Å²) in [5.74, 6) is 1.73. The first-order chi connectivity index (χ1) is 9.24. The molecule has 1 aliphatic rings. The Labute approximate surface area is 117 Å². The molecule has 3 unspecified atom stereocenters. The monoisotopic (exact) mass is 261 g/mol. The third-order valence-electron chi connectivity index (χ3n) is 4.40. The molecule has 1 aromatic carbocycles. The van der Waals surface area contributed by atoms with E-state index in [1.54, 1.807) is 0 Å². The average Bonchev–Trinajstić information content (AvgIpc) is 2.48. The van der Waals surface area contributed by atoms with E-state index < -0.39 is 0 Å². The van der Waals surface area contributed by atoms with Crippen molar-refractivity contribution in [1.82, 2.24) is 0 Å². The summed E-state index contributed by atoms with van der Waals surface area (Å²) < 4.78 is 6.19. The maximum Gasteiger partial charge on any atom is 0.119 e. The van der Waals surface area contributed by atoms with Gasteiger partial charge in [0.25, 0.3) is 0 Å². The average molecular weight is 261 g/mol. The molecular weight excluding hydrogens is 234 g/mol. The van der Waals surface area contributed by atoms with Crippen LogP contribution in [0.15, 0.2) is 24.3 Å². The molecule has 2 heteroatoms. The van der Waals surface area contributed by atoms with Gasteiger partial charge in [-0.15, -0.1) is 0 Å². The van der Waals surface area contributed by atoms with Gasteiger partial charge in [-0.25, -0.2) is 0 Å². The number of hydrogen-bond donors (Lipinski definition) is 1. The van der Waals surface area contributed by atoms with Gasteiger partial charge in [-0.3, -0.25) is 0 Å². The van der Waals surface area contributed by atoms with Gasteiger partial charge in [0.2, 0.25) is 0 Å². The van der Waals surface area contributed by atoms with Crippen LogP contribution in [-0.2, 0) is 0 Å². The molecular formula is C17H27NO. The van der Waals surface area contributed by atoms with Gasteiger partial charge in [-0.1, -0.05) is 32.4 Å². The van der Waals surface area contributed by atoms with Crippen LogP contribution < -0.4 is 10.5 Å². The maximum atomic E-state index is 6.19. The van der Waals surface area contributed by atoms with Crippen LogP contribution in [0, 0.1) is 5.92 Å². The molecule has 0 heterocycles. The highest BCUT2D eigenvalue weighted by Gasteiger charge is 2.25. The third kappa shape index (κ3) is 3.73. The molecule has 2 nitrogen and oxygen atoms in total. The summed E-state index contributed by atoms with van der Waals surface area (Å²) in [7, 11) is 0. The normalized spacial score (nSPS) is 25.0. The zero-order valence-electron chi connectivity index (χ0n) is 12.3. The predicted octanol–water partition coefficient (Wildman–Crippen LogP) is 4.44. The van der Waals surface area contributed by atoms with Gasteiger partial charge in [-0.2, -0.15) is 0 Å². The predicted molar refractivity (Wildman–Crippen MR) is 80.3 cm³/mol. The standard InChI is InChI=1S/C17H27NO/c1-3-13-7-5-6-8-17(13)19-15-11-9-14(10-12-15)16(18)4-2/h9-13,16-17H,3-8,18H2,1-2H3. The number of ether oxygens (including phenoxy) is 1. The number of hydrogen-bond acceptors (Lipinski definition) is 2. The molecule has 0 spiro atoms. The quantitative estimate of drug-likeness (QED) is 0.850. The molecule has 1 fully saturated rings. The van der Waals surface area contributed by atoms with Crippen molar-refractivity contribution in [2.45, 2.75) is 64.5 Å². The van der Waals surface area contributed by atoms with E-state index in [2.05, 4.69) is 38.1 Å². The SMILES string of the molecule is CCC(N)c1ccc(OC2CCCCC2CC)cc1. The van der Waals surface area contributed by atoms with E-state index in [-0.39, 0.29) is 6.04 Å². The van der Waals surface area contributed by atoms with E-state index in [0.717, 1.165) is 18.1 Å². The molecule has 19 heavy (non-hydrogen) atoms. The van der Waals surface area contributed by atoms with Crippen molar-refractivity contribution in [2.75, 3.05) is 0 Å². The second-order valence-electron chi connectivity index (χ2n) is 5.69. The zero-order valence-corrected chi connectivity index (χ0v) is 12.3. The summed E-state index contributed by atoms with van der Waals surface area (Å²) in [5, 5.41) is 0. The van der Waals surface area contributed by atoms with Crippen molar-refractivity contribution in [3.05, 3.63) is 29.8 Å². The molecule has 0 amide bonds. The van der Waals surface area contributed by atoms with E-state index >= 15 is 0 Å². The minimum atomic E-state index is 0.145. The molecule has 0 bridgehead atoms. The Hall–Kier alpha value is -1.02. The van der Waals surface area contributed by atoms with Crippen LogP contribution >= 0.6 is 0 Å². The van der Waals surface area contributed by atoms with Crippen LogP contribution in [0.2, 0.25) is 0 Å². The Morgan fingerprint density at radius 1 is 1.16 bits per heavy atom. The first kappa shape index (κ1) is 14.4. The summed E-state index contributed by atoms with van der Waals surface area (Å²) in [4.78, 5) is 0. The van der Waals surface area contributed by atoms with Crippen molar-refractivity contribution in [2.24, 2.45) is 11.7 Å². The number of benzene rings is 1. The van der Waals surface area contributed by atoms with Gasteiger partial charge >= 0.3 is 0 Å². The summed E-state index contributed by atoms with van der Waals surface area (Å²) >= 11 is 0. The van der Waals surface area contributed by atoms with E-state index in [4.69, 9.17) is 10.5 Å². The van der Waals surface area contributed by atoms with Gasteiger partial charge in [-0.05, 0) is 55.7 Å². The number of rotatable bonds is 5. The van der Waals surface area contributed by atoms with Crippen molar-refractivity contribution < 1.29 is 4.74 Å². The third-order valence-corrected chi connectivity index (χ3v) is 4.40. The maximum absolute atomic E-state index is 6.19. The van der Waals surface area contributed by atoms with Gasteiger partial charge < -0.3 is 10.5 Å². The van der Waals surface area contributed by atoms with E-state index in [1.165, 1.54) is 37.7 Å². The first-order valence-corrected chi connectivity index (χ1v) is 7.76. The second-order valence-corrected chi connectivity index (χ2v) is 5.69. The lowest BCUT2D eigenvalue weighted by Crippen LogP contribution is -2.29. The fourth-order valence-corrected chi connectivity index (χ4v) is 3.00. The van der Waals surface area contributed by atoms with Crippen molar-refractivity contribution in [3.8, 4) is 5.75 Å². The summed E-state index contributed by atoms with van der Waals surface area (Å²) in [6.45, 7) is 4.39. The van der Waals surface area contributed by atoms with Crippen LogP contribution in [0.4, 0.5) is 0 Å². The van der Waals surface area contributed by atoms with Crippen LogP contribution in [-0.4, -0.2) is 6.10 Å². The first-order valence-electron chi connectivity index (χ1n) is 7.76. The van der Waals surface area contributed by atoms with Gasteiger partial charge in [0.15, 0.2) is 0 Å². The Morgan fingerprint density at radius 2 is 1.84 bits per heavy atom. The summed E-state index contributed by atoms with van der Waals surface area (Å²) in [6.07, 6.45) is 7.80. The van der Waals surface area contributed by atoms with Gasteiger partial charge in [0.1, 0.15) is 11.9 Å². The molecule has 0 aliphatic heterocycles. The minimum Gasteiger partial charge on any atom is -0.490 e. The zero-order chi connectivity index (χ0) is 13.7. The molecule has 0 radical (unpaired) electrons. The highest BCUT2D eigenvalue weighted by molar-refractivity contribution is 5.29. The molecule has 0 saturated heterocycles. The van der Waals surface area contributed by atoms with Crippen molar-refractivity contribution >= 4 is 0 Å². The largest absolute Gasteiger partial charge is 0.490 e. The summed E-state index contributed by atoms with van der Waals surface area (Å²) in [5.41, 5.74) is 7.23. The second kappa shape index (κ2) is 6.95. The Morgan fingerprint density at radius 3 is 2.47 bits per heavy atom. The van der Waals surface area contributed by atoms with E-state index in [0.29, 0.717) is 6.10 Å². The summed E-state index contributed by atoms with van der Waals surface area (Å²) in [6, 6.07) is 8.51. The topological polar surface area (TPSA) is 35.2 Å². The van der Waals surface area contributed by atoms with Crippen molar-refractivity contribution in [1.29, 1.82) is 0 Å². The Balaban J connectivity index is 1.98. The van der Waals surface area contributed by atoms with Gasteiger partial charge in [0, 0.05) is 6.04 Å². The molecule has 3 atom stereocenters. The molecule has 2 rings (SSSR count).